The zero-order valence-corrected chi connectivity index (χ0v) is 8.96. The van der Waals surface area contributed by atoms with Gasteiger partial charge in [0.1, 0.15) is 0 Å². The van der Waals surface area contributed by atoms with E-state index < -0.39 is 0 Å². The van der Waals surface area contributed by atoms with E-state index in [2.05, 4.69) is 33.4 Å². The van der Waals surface area contributed by atoms with Gasteiger partial charge in [-0.2, -0.15) is 5.26 Å². The third-order valence-electron chi connectivity index (χ3n) is 2.21. The first kappa shape index (κ1) is 10.5. The Labute approximate surface area is 85.7 Å². The number of hydrogen-bond acceptors (Lipinski definition) is 1. The summed E-state index contributed by atoms with van der Waals surface area (Å²) in [4.78, 5) is 0. The van der Waals surface area contributed by atoms with E-state index in [1.807, 2.05) is 18.2 Å². The van der Waals surface area contributed by atoms with Crippen molar-refractivity contribution in [1.82, 2.24) is 0 Å². The molecule has 0 aliphatic heterocycles. The molecule has 0 radical (unpaired) electrons. The monoisotopic (exact) mass is 185 g/mol. The highest BCUT2D eigenvalue weighted by Crippen LogP contribution is 2.27. The third-order valence-corrected chi connectivity index (χ3v) is 2.21. The zero-order valence-electron chi connectivity index (χ0n) is 8.96. The Balaban J connectivity index is 3.34. The molecule has 0 spiro atoms. The molecule has 1 aromatic rings. The van der Waals surface area contributed by atoms with E-state index >= 15 is 0 Å². The van der Waals surface area contributed by atoms with E-state index in [9.17, 15) is 0 Å². The SMILES string of the molecule is C=Cc1cc(C#N)ccc1C(C)(C)C. The molecule has 0 fully saturated rings. The van der Waals surface area contributed by atoms with Crippen molar-refractivity contribution >= 4 is 6.08 Å². The van der Waals surface area contributed by atoms with Gasteiger partial charge in [0.05, 0.1) is 11.6 Å². The number of rotatable bonds is 1. The van der Waals surface area contributed by atoms with Gasteiger partial charge in [0, 0.05) is 0 Å². The topological polar surface area (TPSA) is 23.8 Å². The Kier molecular flexibility index (Phi) is 2.76. The highest BCUT2D eigenvalue weighted by atomic mass is 14.2. The summed E-state index contributed by atoms with van der Waals surface area (Å²) in [5.41, 5.74) is 3.06. The summed E-state index contributed by atoms with van der Waals surface area (Å²) >= 11 is 0. The van der Waals surface area contributed by atoms with Crippen LogP contribution in [-0.2, 0) is 5.41 Å². The van der Waals surface area contributed by atoms with Crippen molar-refractivity contribution < 1.29 is 0 Å². The quantitative estimate of drug-likeness (QED) is 0.657. The van der Waals surface area contributed by atoms with Crippen LogP contribution in [0.2, 0.25) is 0 Å². The Morgan fingerprint density at radius 1 is 1.36 bits per heavy atom. The van der Waals surface area contributed by atoms with E-state index in [1.165, 1.54) is 5.56 Å². The van der Waals surface area contributed by atoms with Gasteiger partial charge in [-0.3, -0.25) is 0 Å². The maximum absolute atomic E-state index is 8.77. The second kappa shape index (κ2) is 3.67. The predicted octanol–water partition coefficient (Wildman–Crippen LogP) is 3.50. The third kappa shape index (κ3) is 2.03. The van der Waals surface area contributed by atoms with Crippen molar-refractivity contribution in [3.8, 4) is 6.07 Å². The van der Waals surface area contributed by atoms with Crippen molar-refractivity contribution in [2.45, 2.75) is 26.2 Å². The average molecular weight is 185 g/mol. The fourth-order valence-corrected chi connectivity index (χ4v) is 1.48. The van der Waals surface area contributed by atoms with Crippen LogP contribution >= 0.6 is 0 Å². The standard InChI is InChI=1S/C13H15N/c1-5-11-8-10(9-14)6-7-12(11)13(2,3)4/h5-8H,1H2,2-4H3. The molecule has 0 N–H and O–H groups in total. The van der Waals surface area contributed by atoms with Crippen LogP contribution in [0.4, 0.5) is 0 Å². The van der Waals surface area contributed by atoms with Crippen LogP contribution in [0.25, 0.3) is 6.08 Å². The van der Waals surface area contributed by atoms with E-state index in [0.29, 0.717) is 5.56 Å². The van der Waals surface area contributed by atoms with Crippen LogP contribution in [0.3, 0.4) is 0 Å². The van der Waals surface area contributed by atoms with Gasteiger partial charge in [0.25, 0.3) is 0 Å². The Morgan fingerprint density at radius 3 is 2.43 bits per heavy atom. The lowest BCUT2D eigenvalue weighted by Crippen LogP contribution is -2.12. The van der Waals surface area contributed by atoms with E-state index in [1.54, 1.807) is 6.08 Å². The van der Waals surface area contributed by atoms with E-state index in [-0.39, 0.29) is 5.41 Å². The smallest absolute Gasteiger partial charge is 0.0991 e. The van der Waals surface area contributed by atoms with E-state index in [0.717, 1.165) is 5.56 Å². The average Bonchev–Trinajstić information content (AvgIpc) is 2.15. The molecule has 72 valence electrons. The summed E-state index contributed by atoms with van der Waals surface area (Å²) in [6, 6.07) is 7.88. The predicted molar refractivity (Wildman–Crippen MR) is 59.9 cm³/mol. The van der Waals surface area contributed by atoms with Crippen LogP contribution in [-0.4, -0.2) is 0 Å². The van der Waals surface area contributed by atoms with Gasteiger partial charge in [-0.25, -0.2) is 0 Å². The lowest BCUT2D eigenvalue weighted by atomic mass is 9.83. The van der Waals surface area contributed by atoms with Crippen LogP contribution in [0.1, 0.15) is 37.5 Å². The minimum absolute atomic E-state index is 0.0948. The Bertz CT molecular complexity index is 389. The fraction of sp³-hybridized carbons (Fsp3) is 0.308. The first-order chi connectivity index (χ1) is 6.49. The molecule has 1 rings (SSSR count). The fourth-order valence-electron chi connectivity index (χ4n) is 1.48. The number of benzene rings is 1. The van der Waals surface area contributed by atoms with Gasteiger partial charge >= 0.3 is 0 Å². The summed E-state index contributed by atoms with van der Waals surface area (Å²) < 4.78 is 0. The number of hydrogen-bond donors (Lipinski definition) is 0. The second-order valence-corrected chi connectivity index (χ2v) is 4.37. The van der Waals surface area contributed by atoms with Crippen LogP contribution < -0.4 is 0 Å². The van der Waals surface area contributed by atoms with Crippen molar-refractivity contribution in [2.75, 3.05) is 0 Å². The van der Waals surface area contributed by atoms with Crippen LogP contribution in [0.15, 0.2) is 24.8 Å². The van der Waals surface area contributed by atoms with Gasteiger partial charge in [0.15, 0.2) is 0 Å². The molecule has 0 saturated carbocycles. The number of nitrogens with zero attached hydrogens (tertiary/aromatic N) is 1. The first-order valence-corrected chi connectivity index (χ1v) is 4.66. The molecule has 0 atom stereocenters. The van der Waals surface area contributed by atoms with Crippen molar-refractivity contribution in [3.63, 3.8) is 0 Å². The highest BCUT2D eigenvalue weighted by Gasteiger charge is 2.16. The van der Waals surface area contributed by atoms with Crippen molar-refractivity contribution in [2.24, 2.45) is 0 Å². The molecule has 0 bridgehead atoms. The minimum Gasteiger partial charge on any atom is -0.192 e. The molecule has 0 unspecified atom stereocenters. The summed E-state index contributed by atoms with van der Waals surface area (Å²) in [7, 11) is 0. The molecule has 1 aromatic carbocycles. The van der Waals surface area contributed by atoms with Gasteiger partial charge < -0.3 is 0 Å². The van der Waals surface area contributed by atoms with Gasteiger partial charge in [0.2, 0.25) is 0 Å². The summed E-state index contributed by atoms with van der Waals surface area (Å²) in [6.45, 7) is 10.2. The van der Waals surface area contributed by atoms with Crippen molar-refractivity contribution in [1.29, 1.82) is 5.26 Å². The number of nitriles is 1. The highest BCUT2D eigenvalue weighted by molar-refractivity contribution is 5.57. The molecular formula is C13H15N. The molecule has 1 nitrogen and oxygen atoms in total. The molecular weight excluding hydrogens is 170 g/mol. The lowest BCUT2D eigenvalue weighted by molar-refractivity contribution is 0.589. The minimum atomic E-state index is 0.0948. The van der Waals surface area contributed by atoms with Crippen molar-refractivity contribution in [3.05, 3.63) is 41.5 Å². The summed E-state index contributed by atoms with van der Waals surface area (Å²) in [6.07, 6.45) is 1.81. The Hall–Kier alpha value is -1.55. The lowest BCUT2D eigenvalue weighted by Gasteiger charge is -2.21. The normalized spacial score (nSPS) is 10.7. The van der Waals surface area contributed by atoms with Gasteiger partial charge in [-0.05, 0) is 28.7 Å². The van der Waals surface area contributed by atoms with Crippen LogP contribution in [0.5, 0.6) is 0 Å². The maximum atomic E-state index is 8.77. The first-order valence-electron chi connectivity index (χ1n) is 4.66. The molecule has 0 heterocycles. The molecule has 0 aliphatic carbocycles. The molecule has 14 heavy (non-hydrogen) atoms. The summed E-state index contributed by atoms with van der Waals surface area (Å²) in [5.74, 6) is 0. The molecule has 0 aromatic heterocycles. The molecule has 1 heteroatoms. The van der Waals surface area contributed by atoms with E-state index in [4.69, 9.17) is 5.26 Å². The largest absolute Gasteiger partial charge is 0.192 e. The second-order valence-electron chi connectivity index (χ2n) is 4.37. The van der Waals surface area contributed by atoms with Crippen LogP contribution in [0, 0.1) is 11.3 Å². The Morgan fingerprint density at radius 2 is 2.00 bits per heavy atom. The maximum Gasteiger partial charge on any atom is 0.0991 e. The summed E-state index contributed by atoms with van der Waals surface area (Å²) in [5, 5.41) is 8.77. The van der Waals surface area contributed by atoms with Gasteiger partial charge in [-0.15, -0.1) is 0 Å². The van der Waals surface area contributed by atoms with Gasteiger partial charge in [-0.1, -0.05) is 39.5 Å². The molecule has 0 aliphatic rings. The molecule has 0 amide bonds. The molecule has 0 saturated heterocycles. The zero-order chi connectivity index (χ0) is 10.8.